The third-order valence-corrected chi connectivity index (χ3v) is 11.0. The van der Waals surface area contributed by atoms with Crippen LogP contribution in [0.1, 0.15) is 37.1 Å². The molecule has 0 amide bonds. The van der Waals surface area contributed by atoms with E-state index in [1.54, 1.807) is 31.5 Å². The molecule has 1 N–H and O–H groups in total. The highest BCUT2D eigenvalue weighted by atomic mass is 79.9. The largest absolute Gasteiger partial charge is 0.496 e. The fourth-order valence-electron chi connectivity index (χ4n) is 6.17. The summed E-state index contributed by atoms with van der Waals surface area (Å²) in [6.07, 6.45) is 2.94. The number of rotatable bonds is 14. The average Bonchev–Trinajstić information content (AvgIpc) is 3.71. The molecule has 6 aromatic rings. The first kappa shape index (κ1) is 37.3. The molecule has 1 saturated heterocycles. The number of halogens is 2. The van der Waals surface area contributed by atoms with Crippen LogP contribution in [0.2, 0.25) is 0 Å². The molecule has 0 saturated carbocycles. The summed E-state index contributed by atoms with van der Waals surface area (Å²) in [4.78, 5) is 32.1. The summed E-state index contributed by atoms with van der Waals surface area (Å²) < 4.78 is 44.1. The number of ether oxygens (including phenoxy) is 5. The molecule has 2 atom stereocenters. The van der Waals surface area contributed by atoms with Crippen LogP contribution in [-0.4, -0.2) is 62.7 Å². The van der Waals surface area contributed by atoms with Gasteiger partial charge in [0.15, 0.2) is 11.6 Å². The smallest absolute Gasteiger partial charge is 0.345 e. The lowest BCUT2D eigenvalue weighted by atomic mass is 10.00. The van der Waals surface area contributed by atoms with Gasteiger partial charge in [-0.2, -0.15) is 0 Å². The van der Waals surface area contributed by atoms with E-state index in [0.29, 0.717) is 56.3 Å². The molecule has 3 aromatic carbocycles. The van der Waals surface area contributed by atoms with E-state index in [1.165, 1.54) is 29.8 Å². The van der Waals surface area contributed by atoms with Crippen LogP contribution >= 0.6 is 27.3 Å². The van der Waals surface area contributed by atoms with E-state index in [9.17, 15) is 14.3 Å². The zero-order valence-electron chi connectivity index (χ0n) is 29.6. The first-order valence-corrected chi connectivity index (χ1v) is 18.8. The van der Waals surface area contributed by atoms with E-state index in [4.69, 9.17) is 28.7 Å². The van der Waals surface area contributed by atoms with Gasteiger partial charge in [0.05, 0.1) is 45.8 Å². The zero-order valence-corrected chi connectivity index (χ0v) is 32.0. The Bertz CT molecular complexity index is 2290. The van der Waals surface area contributed by atoms with Gasteiger partial charge in [0.25, 0.3) is 0 Å². The molecule has 7 rings (SSSR count). The van der Waals surface area contributed by atoms with Crippen molar-refractivity contribution in [3.8, 4) is 39.2 Å². The van der Waals surface area contributed by atoms with Crippen molar-refractivity contribution < 1.29 is 38.0 Å². The molecule has 0 aliphatic carbocycles. The van der Waals surface area contributed by atoms with Crippen molar-refractivity contribution in [3.63, 3.8) is 0 Å². The normalized spacial score (nSPS) is 15.6. The van der Waals surface area contributed by atoms with Crippen LogP contribution in [0.25, 0.3) is 32.0 Å². The molecule has 278 valence electrons. The maximum absolute atomic E-state index is 13.7. The molecule has 0 radical (unpaired) electrons. The second kappa shape index (κ2) is 16.1. The number of benzene rings is 3. The summed E-state index contributed by atoms with van der Waals surface area (Å²) in [6, 6.07) is 21.1. The number of para-hydroxylation sites is 1. The van der Waals surface area contributed by atoms with Gasteiger partial charge in [0, 0.05) is 12.6 Å². The molecule has 11 nitrogen and oxygen atoms in total. The van der Waals surface area contributed by atoms with Crippen LogP contribution in [0, 0.1) is 5.82 Å². The van der Waals surface area contributed by atoms with Crippen molar-refractivity contribution in [2.45, 2.75) is 57.7 Å². The summed E-state index contributed by atoms with van der Waals surface area (Å²) >= 11 is 5.01. The summed E-state index contributed by atoms with van der Waals surface area (Å²) in [5.74, 6) is -0.439. The monoisotopic (exact) mass is 814 g/mol. The Morgan fingerprint density at radius 2 is 1.89 bits per heavy atom. The van der Waals surface area contributed by atoms with Gasteiger partial charge in [-0.15, -0.1) is 11.3 Å². The summed E-state index contributed by atoms with van der Waals surface area (Å²) in [5.41, 5.74) is 3.74. The number of thiophene rings is 1. The number of methoxy groups -OCH3 is 1. The zero-order chi connectivity index (χ0) is 37.8. The first-order valence-electron chi connectivity index (χ1n) is 17.2. The Morgan fingerprint density at radius 3 is 2.65 bits per heavy atom. The lowest BCUT2D eigenvalue weighted by molar-refractivity contribution is -0.145. The standard InChI is InChI=1S/C40H36BrFN4O7S/c1-40(2)51-21-28(53-40)14-8-23-9-15-30(50-20-27-16-17-43-36(46-27)29-6-4-5-7-31(29)49-3)25(18-23)19-32(39(47)48)52-37-33-34(41)35(54-38(33)45-22-44-37)24-10-12-26(42)13-11-24/h4-7,9-13,15-18,22,28,32H,8,14,19-21H2,1-3H3,(H,47,48)/t28-,32?/m0/s1. The number of carbonyl (C=O) groups is 1. The molecule has 1 aliphatic rings. The third-order valence-electron chi connectivity index (χ3n) is 8.82. The minimum Gasteiger partial charge on any atom is -0.496 e. The summed E-state index contributed by atoms with van der Waals surface area (Å²) in [7, 11) is 1.60. The molecular formula is C40H36BrFN4O7S. The molecule has 4 heterocycles. The van der Waals surface area contributed by atoms with Crippen molar-refractivity contribution in [2.75, 3.05) is 13.7 Å². The first-order chi connectivity index (χ1) is 26.1. The predicted octanol–water partition coefficient (Wildman–Crippen LogP) is 8.46. The summed E-state index contributed by atoms with van der Waals surface area (Å²) in [5, 5.41) is 11.0. The number of aliphatic carboxylic acids is 1. The van der Waals surface area contributed by atoms with Gasteiger partial charge in [-0.25, -0.2) is 29.1 Å². The second-order valence-corrected chi connectivity index (χ2v) is 14.8. The quantitative estimate of drug-likeness (QED) is 0.114. The number of aromatic nitrogens is 4. The van der Waals surface area contributed by atoms with Gasteiger partial charge in [-0.05, 0) is 95.7 Å². The molecule has 0 bridgehead atoms. The van der Waals surface area contributed by atoms with Crippen LogP contribution in [-0.2, 0) is 33.7 Å². The van der Waals surface area contributed by atoms with Crippen molar-refractivity contribution in [2.24, 2.45) is 0 Å². The molecule has 3 aromatic heterocycles. The van der Waals surface area contributed by atoms with E-state index in [1.807, 2.05) is 56.3 Å². The van der Waals surface area contributed by atoms with Crippen molar-refractivity contribution in [1.82, 2.24) is 19.9 Å². The molecule has 1 fully saturated rings. The number of hydrogen-bond acceptors (Lipinski definition) is 11. The van der Waals surface area contributed by atoms with E-state index in [0.717, 1.165) is 28.0 Å². The van der Waals surface area contributed by atoms with Gasteiger partial charge in [0.2, 0.25) is 12.0 Å². The second-order valence-electron chi connectivity index (χ2n) is 13.1. The van der Waals surface area contributed by atoms with Gasteiger partial charge < -0.3 is 28.8 Å². The molecule has 54 heavy (non-hydrogen) atoms. The maximum atomic E-state index is 13.7. The van der Waals surface area contributed by atoms with Crippen LogP contribution in [0.3, 0.4) is 0 Å². The van der Waals surface area contributed by atoms with E-state index in [2.05, 4.69) is 30.9 Å². The van der Waals surface area contributed by atoms with Gasteiger partial charge in [0.1, 0.15) is 35.1 Å². The Balaban J connectivity index is 1.16. The number of fused-ring (bicyclic) bond motifs is 1. The van der Waals surface area contributed by atoms with Crippen molar-refractivity contribution in [3.05, 3.63) is 112 Å². The number of aryl methyl sites for hydroxylation is 1. The molecule has 0 spiro atoms. The van der Waals surface area contributed by atoms with E-state index < -0.39 is 17.9 Å². The number of carboxylic acids is 1. The van der Waals surface area contributed by atoms with Gasteiger partial charge >= 0.3 is 5.97 Å². The average molecular weight is 816 g/mol. The highest BCUT2D eigenvalue weighted by molar-refractivity contribution is 9.10. The number of nitrogens with zero attached hydrogens (tertiary/aromatic N) is 4. The van der Waals surface area contributed by atoms with Crippen LogP contribution in [0.4, 0.5) is 4.39 Å². The SMILES string of the molecule is COc1ccccc1-c1nccc(COc2ccc(CC[C@H]3COC(C)(C)O3)cc2CC(Oc2ncnc3sc(-c4ccc(F)cc4)c(Br)c23)C(=O)O)n1. The van der Waals surface area contributed by atoms with E-state index >= 15 is 0 Å². The van der Waals surface area contributed by atoms with Crippen molar-refractivity contribution in [1.29, 1.82) is 0 Å². The Labute approximate surface area is 323 Å². The Kier molecular flexibility index (Phi) is 11.2. The topological polar surface area (TPSA) is 135 Å². The van der Waals surface area contributed by atoms with Crippen LogP contribution in [0.5, 0.6) is 17.4 Å². The number of carboxylic acid groups (broad SMARTS) is 1. The third kappa shape index (κ3) is 8.52. The predicted molar refractivity (Wildman–Crippen MR) is 204 cm³/mol. The Hall–Kier alpha value is -5.02. The maximum Gasteiger partial charge on any atom is 0.345 e. The van der Waals surface area contributed by atoms with Gasteiger partial charge in [-0.1, -0.05) is 36.4 Å². The van der Waals surface area contributed by atoms with Gasteiger partial charge in [-0.3, -0.25) is 0 Å². The van der Waals surface area contributed by atoms with Crippen LogP contribution in [0.15, 0.2) is 89.8 Å². The minimum absolute atomic E-state index is 0.0388. The van der Waals surface area contributed by atoms with Crippen molar-refractivity contribution >= 4 is 43.5 Å². The molecular weight excluding hydrogens is 779 g/mol. The fourth-order valence-corrected chi connectivity index (χ4v) is 8.16. The Morgan fingerprint density at radius 1 is 1.07 bits per heavy atom. The fraction of sp³-hybridized carbons (Fsp3) is 0.275. The van der Waals surface area contributed by atoms with Crippen LogP contribution < -0.4 is 14.2 Å². The number of hydrogen-bond donors (Lipinski definition) is 1. The lowest BCUT2D eigenvalue weighted by Crippen LogP contribution is -2.30. The lowest BCUT2D eigenvalue weighted by Gasteiger charge is -2.19. The summed E-state index contributed by atoms with van der Waals surface area (Å²) in [6.45, 7) is 4.38. The highest BCUT2D eigenvalue weighted by Crippen LogP contribution is 2.44. The molecule has 1 aliphatic heterocycles. The molecule has 14 heteroatoms. The highest BCUT2D eigenvalue weighted by Gasteiger charge is 2.32. The molecule has 1 unspecified atom stereocenters. The minimum atomic E-state index is -1.34. The van der Waals surface area contributed by atoms with E-state index in [-0.39, 0.29) is 30.8 Å².